The molecule has 1 aliphatic rings. The number of aliphatic hydroxyl groups is 1. The molecule has 0 aromatic carbocycles. The molecule has 0 radical (unpaired) electrons. The molecule has 1 fully saturated rings. The summed E-state index contributed by atoms with van der Waals surface area (Å²) in [5.41, 5.74) is 0. The Bertz CT molecular complexity index is 96.5. The van der Waals surface area contributed by atoms with Crippen molar-refractivity contribution in [1.82, 2.24) is 5.32 Å². The third-order valence-corrected chi connectivity index (χ3v) is 1.11. The van der Waals surface area contributed by atoms with E-state index in [0.717, 1.165) is 13.2 Å². The number of aliphatic hydroxyl groups excluding tert-OH is 1. The van der Waals surface area contributed by atoms with Crippen LogP contribution in [0.2, 0.25) is 0 Å². The topological polar surface area (TPSA) is 78.8 Å². The second-order valence-corrected chi connectivity index (χ2v) is 2.04. The van der Waals surface area contributed by atoms with Crippen LogP contribution in [0.4, 0.5) is 0 Å². The maximum atomic E-state index is 8.90. The molecule has 1 saturated heterocycles. The van der Waals surface area contributed by atoms with Crippen molar-refractivity contribution in [3.8, 4) is 0 Å². The first-order valence-electron chi connectivity index (χ1n) is 3.35. The predicted octanol–water partition coefficient (Wildman–Crippen LogP) is -3.88. The normalized spacial score (nSPS) is 20.5. The first-order valence-corrected chi connectivity index (χ1v) is 3.35. The molecule has 0 aliphatic carbocycles. The van der Waals surface area contributed by atoms with E-state index >= 15 is 0 Å². The van der Waals surface area contributed by atoms with Crippen LogP contribution in [-0.4, -0.2) is 49.1 Å². The number of carbonyl (C=O) groups is 1. The summed E-state index contributed by atoms with van der Waals surface area (Å²) in [4.78, 5) is 8.36. The molecular formula is C7H16CsNO4. The van der Waals surface area contributed by atoms with E-state index in [9.17, 15) is 0 Å². The maximum Gasteiger partial charge on any atom is 1.00 e. The zero-order chi connectivity index (χ0) is 8.53. The Balaban J connectivity index is -0.000000180. The molecule has 1 unspecified atom stereocenters. The van der Waals surface area contributed by atoms with Gasteiger partial charge in [-0.25, -0.2) is 0 Å². The smallest absolute Gasteiger partial charge is 0.483 e. The van der Waals surface area contributed by atoms with E-state index in [2.05, 4.69) is 5.32 Å². The third kappa shape index (κ3) is 16.1. The minimum atomic E-state index is -0.308. The molecule has 1 heterocycles. The number of nitrogens with one attached hydrogen (secondary N) is 1. The number of ether oxygens (including phenoxy) is 1. The van der Waals surface area contributed by atoms with Crippen LogP contribution in [0.15, 0.2) is 0 Å². The Labute approximate surface area is 138 Å². The Morgan fingerprint density at radius 2 is 2.08 bits per heavy atom. The van der Waals surface area contributed by atoms with Crippen molar-refractivity contribution in [1.29, 1.82) is 0 Å². The van der Waals surface area contributed by atoms with Crippen molar-refractivity contribution in [2.45, 2.75) is 6.10 Å². The number of β-amino-alcohol motifs (C(OH)–C–C–N with tert-alkyl or cyclic N) is 1. The fourth-order valence-electron chi connectivity index (χ4n) is 0.691. The minimum absolute atomic E-state index is 0. The molecule has 6 heteroatoms. The molecule has 1 rings (SSSR count). The molecule has 1 atom stereocenters. The van der Waals surface area contributed by atoms with Crippen molar-refractivity contribution in [2.75, 3.05) is 26.3 Å². The van der Waals surface area contributed by atoms with Gasteiger partial charge in [0.15, 0.2) is 0 Å². The van der Waals surface area contributed by atoms with E-state index in [0.29, 0.717) is 13.2 Å². The van der Waals surface area contributed by atoms with Crippen molar-refractivity contribution in [3.05, 3.63) is 7.43 Å². The molecule has 0 spiro atoms. The summed E-state index contributed by atoms with van der Waals surface area (Å²) in [6, 6.07) is 0. The summed E-state index contributed by atoms with van der Waals surface area (Å²) in [6.07, 6.45) is -0.308. The average Bonchev–Trinajstić information content (AvgIpc) is 2.18. The average molecular weight is 311 g/mol. The van der Waals surface area contributed by atoms with Gasteiger partial charge >= 0.3 is 68.9 Å². The first-order chi connectivity index (χ1) is 5.31. The Kier molecular flexibility index (Phi) is 24.3. The van der Waals surface area contributed by atoms with Crippen LogP contribution >= 0.6 is 0 Å². The van der Waals surface area contributed by atoms with Crippen molar-refractivity contribution < 1.29 is 88.6 Å². The molecule has 3 N–H and O–H groups in total. The molecular weight excluding hydrogens is 295 g/mol. The van der Waals surface area contributed by atoms with Gasteiger partial charge in [0.25, 0.3) is 6.47 Å². The predicted molar refractivity (Wildman–Crippen MR) is 44.8 cm³/mol. The number of hydrogen-bond acceptors (Lipinski definition) is 4. The van der Waals surface area contributed by atoms with Crippen LogP contribution in [0, 0.1) is 7.43 Å². The van der Waals surface area contributed by atoms with E-state index in [4.69, 9.17) is 19.7 Å². The van der Waals surface area contributed by atoms with Gasteiger partial charge in [-0.05, 0) is 0 Å². The summed E-state index contributed by atoms with van der Waals surface area (Å²) in [5, 5.41) is 18.8. The quantitative estimate of drug-likeness (QED) is 0.315. The van der Waals surface area contributed by atoms with E-state index < -0.39 is 0 Å². The van der Waals surface area contributed by atoms with Gasteiger partial charge in [0.2, 0.25) is 0 Å². The zero-order valence-corrected chi connectivity index (χ0v) is 14.5. The Morgan fingerprint density at radius 3 is 2.62 bits per heavy atom. The van der Waals surface area contributed by atoms with E-state index in [-0.39, 0.29) is 88.9 Å². The fourth-order valence-corrected chi connectivity index (χ4v) is 0.691. The molecule has 0 saturated carbocycles. The standard InChI is InChI=1S/C5H11NO2.CH2O2.CH3.Cs/c7-5-3-6-1-2-8-4-5;2-1-3;;/h5-7H,1-4H2;1H,(H,2,3);1H3;/q;;-1;+1. The molecule has 0 amide bonds. The zero-order valence-electron chi connectivity index (χ0n) is 8.19. The molecule has 0 aromatic rings. The monoisotopic (exact) mass is 311 g/mol. The molecule has 0 aromatic heterocycles. The molecule has 0 bridgehead atoms. The molecule has 1 aliphatic heterocycles. The first kappa shape index (κ1) is 19.9. The van der Waals surface area contributed by atoms with Crippen molar-refractivity contribution >= 4 is 6.47 Å². The van der Waals surface area contributed by atoms with Gasteiger partial charge in [-0.1, -0.05) is 0 Å². The number of hydrogen-bond donors (Lipinski definition) is 3. The molecule has 5 nitrogen and oxygen atoms in total. The molecule has 13 heavy (non-hydrogen) atoms. The van der Waals surface area contributed by atoms with Crippen LogP contribution in [0.1, 0.15) is 0 Å². The van der Waals surface area contributed by atoms with Crippen LogP contribution in [0.5, 0.6) is 0 Å². The van der Waals surface area contributed by atoms with Crippen molar-refractivity contribution in [3.63, 3.8) is 0 Å². The number of rotatable bonds is 0. The van der Waals surface area contributed by atoms with Crippen LogP contribution in [0.25, 0.3) is 0 Å². The van der Waals surface area contributed by atoms with Gasteiger partial charge < -0.3 is 27.7 Å². The second-order valence-electron chi connectivity index (χ2n) is 2.04. The van der Waals surface area contributed by atoms with Crippen LogP contribution in [-0.2, 0) is 9.53 Å². The van der Waals surface area contributed by atoms with Gasteiger partial charge in [-0.3, -0.25) is 4.79 Å². The van der Waals surface area contributed by atoms with Gasteiger partial charge in [0, 0.05) is 13.1 Å². The molecule has 74 valence electrons. The van der Waals surface area contributed by atoms with E-state index in [1.807, 2.05) is 0 Å². The summed E-state index contributed by atoms with van der Waals surface area (Å²) in [7, 11) is 0. The second kappa shape index (κ2) is 15.9. The van der Waals surface area contributed by atoms with Gasteiger partial charge in [0.05, 0.1) is 19.3 Å². The van der Waals surface area contributed by atoms with Gasteiger partial charge in [0.1, 0.15) is 0 Å². The summed E-state index contributed by atoms with van der Waals surface area (Å²) >= 11 is 0. The maximum absolute atomic E-state index is 8.90. The summed E-state index contributed by atoms with van der Waals surface area (Å²) in [6.45, 7) is 2.47. The summed E-state index contributed by atoms with van der Waals surface area (Å²) in [5.74, 6) is 0. The largest absolute Gasteiger partial charge is 1.00 e. The van der Waals surface area contributed by atoms with Gasteiger partial charge in [-0.15, -0.1) is 0 Å². The Hall–Kier alpha value is 1.40. The van der Waals surface area contributed by atoms with Crippen LogP contribution < -0.4 is 74.2 Å². The SMILES string of the molecule is O=CO.OC1CNCCOC1.[CH3-].[Cs+]. The fraction of sp³-hybridized carbons (Fsp3) is 0.714. The van der Waals surface area contributed by atoms with Crippen molar-refractivity contribution in [2.24, 2.45) is 0 Å². The minimum Gasteiger partial charge on any atom is -0.483 e. The summed E-state index contributed by atoms with van der Waals surface area (Å²) < 4.78 is 4.99. The Morgan fingerprint density at radius 1 is 1.54 bits per heavy atom. The van der Waals surface area contributed by atoms with E-state index in [1.165, 1.54) is 0 Å². The third-order valence-electron chi connectivity index (χ3n) is 1.11. The number of carboxylic acid groups (broad SMARTS) is 1. The van der Waals surface area contributed by atoms with Crippen LogP contribution in [0.3, 0.4) is 0 Å². The van der Waals surface area contributed by atoms with E-state index in [1.54, 1.807) is 0 Å². The van der Waals surface area contributed by atoms with Gasteiger partial charge in [-0.2, -0.15) is 0 Å².